The highest BCUT2D eigenvalue weighted by atomic mass is 35.5. The van der Waals surface area contributed by atoms with Crippen LogP contribution >= 0.6 is 11.6 Å². The van der Waals surface area contributed by atoms with Gasteiger partial charge in [-0.15, -0.1) is 15.3 Å². The minimum Gasteiger partial charge on any atom is -0.480 e. The SMILES string of the molecule is CC(C)(C)O.COCC(c1cc(Cl)nnc1OC)n1cc(NC(=O)C(NC=O)C(C2CC2)C2CC2)c(F)n1. The summed E-state index contributed by atoms with van der Waals surface area (Å²) in [6, 6.07) is 0.172. The first kappa shape index (κ1) is 29.7. The first-order valence-corrected chi connectivity index (χ1v) is 12.9. The van der Waals surface area contributed by atoms with E-state index >= 15 is 0 Å². The number of halogens is 2. The van der Waals surface area contributed by atoms with Crippen molar-refractivity contribution in [2.24, 2.45) is 17.8 Å². The van der Waals surface area contributed by atoms with Crippen molar-refractivity contribution in [3.05, 3.63) is 28.9 Å². The number of carbonyl (C=O) groups excluding carboxylic acids is 2. The number of methoxy groups -OCH3 is 2. The van der Waals surface area contributed by atoms with Gasteiger partial charge in [0.2, 0.25) is 18.2 Å². The van der Waals surface area contributed by atoms with Crippen molar-refractivity contribution in [2.75, 3.05) is 26.1 Å². The highest BCUT2D eigenvalue weighted by Gasteiger charge is 2.47. The summed E-state index contributed by atoms with van der Waals surface area (Å²) in [6.07, 6.45) is 6.07. The maximum Gasteiger partial charge on any atom is 0.256 e. The zero-order valence-corrected chi connectivity index (χ0v) is 23.0. The van der Waals surface area contributed by atoms with Gasteiger partial charge in [0.1, 0.15) is 17.8 Å². The van der Waals surface area contributed by atoms with Crippen LogP contribution < -0.4 is 15.4 Å². The van der Waals surface area contributed by atoms with Crippen molar-refractivity contribution in [3.63, 3.8) is 0 Å². The molecule has 0 spiro atoms. The molecule has 2 fully saturated rings. The van der Waals surface area contributed by atoms with E-state index in [4.69, 9.17) is 26.2 Å². The van der Waals surface area contributed by atoms with Crippen LogP contribution in [0.1, 0.15) is 58.1 Å². The molecule has 0 aromatic carbocycles. The van der Waals surface area contributed by atoms with E-state index in [0.29, 0.717) is 23.8 Å². The van der Waals surface area contributed by atoms with Gasteiger partial charge in [0.05, 0.1) is 25.5 Å². The molecule has 2 aliphatic carbocycles. The normalized spacial score (nSPS) is 16.8. The molecule has 2 saturated carbocycles. The number of amides is 2. The largest absolute Gasteiger partial charge is 0.480 e. The van der Waals surface area contributed by atoms with Crippen LogP contribution in [0, 0.1) is 23.7 Å². The number of nitrogens with one attached hydrogen (secondary N) is 2. The van der Waals surface area contributed by atoms with Gasteiger partial charge < -0.3 is 25.2 Å². The summed E-state index contributed by atoms with van der Waals surface area (Å²) in [6.45, 7) is 5.33. The fourth-order valence-corrected chi connectivity index (χ4v) is 4.54. The van der Waals surface area contributed by atoms with E-state index < -0.39 is 29.5 Å². The minimum atomic E-state index is -0.865. The fourth-order valence-electron chi connectivity index (χ4n) is 4.38. The van der Waals surface area contributed by atoms with Crippen LogP contribution in [0.4, 0.5) is 10.1 Å². The maximum atomic E-state index is 14.8. The molecule has 2 unspecified atom stereocenters. The van der Waals surface area contributed by atoms with E-state index in [-0.39, 0.29) is 29.2 Å². The zero-order valence-electron chi connectivity index (χ0n) is 22.3. The molecule has 2 aromatic rings. The number of carbonyl (C=O) groups is 2. The second-order valence-electron chi connectivity index (χ2n) is 10.6. The number of anilines is 1. The summed E-state index contributed by atoms with van der Waals surface area (Å²) in [5, 5.41) is 25.5. The van der Waals surface area contributed by atoms with Crippen LogP contribution in [-0.4, -0.2) is 69.9 Å². The molecule has 2 atom stereocenters. The Morgan fingerprint density at radius 3 is 2.37 bits per heavy atom. The lowest BCUT2D eigenvalue weighted by atomic mass is 9.89. The molecule has 210 valence electrons. The summed E-state index contributed by atoms with van der Waals surface area (Å²) >= 11 is 6.00. The Labute approximate surface area is 226 Å². The van der Waals surface area contributed by atoms with Gasteiger partial charge in [0.15, 0.2) is 5.15 Å². The van der Waals surface area contributed by atoms with Gasteiger partial charge in [-0.05, 0) is 70.3 Å². The number of hydrogen-bond acceptors (Lipinski definition) is 8. The highest BCUT2D eigenvalue weighted by Crippen LogP contribution is 2.50. The Balaban J connectivity index is 0.000000732. The standard InChI is InChI=1S/C21H26ClFN6O4.C4H10O/c1-32-9-15(13-7-16(22)26-27-21(13)33-2)29-8-14(19(23)28-29)25-20(31)18(24-10-30)17(11-3-4-11)12-5-6-12;1-4(2,3)5/h7-8,10-12,15,17-18H,3-6,9H2,1-2H3,(H,24,30)(H,25,31);5H,1-3H3. The van der Waals surface area contributed by atoms with Crippen molar-refractivity contribution in [3.8, 4) is 5.88 Å². The molecular formula is C25H36ClFN6O5. The molecular weight excluding hydrogens is 519 g/mol. The predicted octanol–water partition coefficient (Wildman–Crippen LogP) is 2.98. The summed E-state index contributed by atoms with van der Waals surface area (Å²) in [5.74, 6) is -0.250. The van der Waals surface area contributed by atoms with E-state index in [1.807, 2.05) is 0 Å². The second kappa shape index (κ2) is 12.8. The Bertz CT molecular complexity index is 1080. The number of ether oxygens (including phenoxy) is 2. The van der Waals surface area contributed by atoms with Crippen LogP contribution in [0.3, 0.4) is 0 Å². The lowest BCUT2D eigenvalue weighted by molar-refractivity contribution is -0.123. The molecule has 0 bridgehead atoms. The molecule has 0 saturated heterocycles. The topological polar surface area (TPSA) is 140 Å². The number of rotatable bonds is 12. The third-order valence-electron chi connectivity index (χ3n) is 6.15. The van der Waals surface area contributed by atoms with E-state index in [1.54, 1.807) is 20.8 Å². The van der Waals surface area contributed by atoms with Crippen LogP contribution in [0.15, 0.2) is 12.3 Å². The molecule has 2 heterocycles. The van der Waals surface area contributed by atoms with Crippen LogP contribution in [0.5, 0.6) is 5.88 Å². The van der Waals surface area contributed by atoms with E-state index in [2.05, 4.69) is 25.9 Å². The Morgan fingerprint density at radius 1 is 1.26 bits per heavy atom. The van der Waals surface area contributed by atoms with E-state index in [1.165, 1.54) is 31.2 Å². The summed E-state index contributed by atoms with van der Waals surface area (Å²) < 4.78 is 26.6. The van der Waals surface area contributed by atoms with Crippen molar-refractivity contribution >= 4 is 29.6 Å². The molecule has 2 aromatic heterocycles. The summed E-state index contributed by atoms with van der Waals surface area (Å²) in [4.78, 5) is 24.3. The van der Waals surface area contributed by atoms with Gasteiger partial charge in [-0.25, -0.2) is 0 Å². The van der Waals surface area contributed by atoms with Gasteiger partial charge >= 0.3 is 0 Å². The number of aliphatic hydroxyl groups is 1. The lowest BCUT2D eigenvalue weighted by Crippen LogP contribution is -2.47. The number of hydrogen-bond donors (Lipinski definition) is 3. The van der Waals surface area contributed by atoms with Gasteiger partial charge in [-0.2, -0.15) is 4.39 Å². The van der Waals surface area contributed by atoms with Gasteiger partial charge in [0.25, 0.3) is 5.95 Å². The van der Waals surface area contributed by atoms with Crippen molar-refractivity contribution < 1.29 is 28.6 Å². The molecule has 0 aliphatic heterocycles. The molecule has 3 N–H and O–H groups in total. The third-order valence-corrected chi connectivity index (χ3v) is 6.33. The van der Waals surface area contributed by atoms with Crippen molar-refractivity contribution in [1.29, 1.82) is 0 Å². The average molecular weight is 555 g/mol. The molecule has 13 heteroatoms. The quantitative estimate of drug-likeness (QED) is 0.340. The smallest absolute Gasteiger partial charge is 0.256 e. The second-order valence-corrected chi connectivity index (χ2v) is 11.0. The maximum absolute atomic E-state index is 14.8. The van der Waals surface area contributed by atoms with Gasteiger partial charge in [-0.1, -0.05) is 11.6 Å². The van der Waals surface area contributed by atoms with Gasteiger partial charge in [0, 0.05) is 12.7 Å². The monoisotopic (exact) mass is 554 g/mol. The molecule has 2 amide bonds. The van der Waals surface area contributed by atoms with Crippen LogP contribution in [-0.2, 0) is 14.3 Å². The predicted molar refractivity (Wildman–Crippen MR) is 138 cm³/mol. The summed E-state index contributed by atoms with van der Waals surface area (Å²) in [7, 11) is 2.92. The number of nitrogens with zero attached hydrogens (tertiary/aromatic N) is 4. The zero-order chi connectivity index (χ0) is 28.0. The molecule has 0 radical (unpaired) electrons. The van der Waals surface area contributed by atoms with Crippen LogP contribution in [0.25, 0.3) is 0 Å². The highest BCUT2D eigenvalue weighted by molar-refractivity contribution is 6.29. The third kappa shape index (κ3) is 8.34. The summed E-state index contributed by atoms with van der Waals surface area (Å²) in [5.41, 5.74) is -0.112. The fraction of sp³-hybridized carbons (Fsp3) is 0.640. The molecule has 38 heavy (non-hydrogen) atoms. The molecule has 4 rings (SSSR count). The first-order chi connectivity index (χ1) is 18.0. The minimum absolute atomic E-state index is 0.0591. The van der Waals surface area contributed by atoms with E-state index in [0.717, 1.165) is 25.7 Å². The Morgan fingerprint density at radius 2 is 1.87 bits per heavy atom. The molecule has 2 aliphatic rings. The van der Waals surface area contributed by atoms with Gasteiger partial charge in [-0.3, -0.25) is 14.3 Å². The number of aromatic nitrogens is 4. The van der Waals surface area contributed by atoms with E-state index in [9.17, 15) is 14.0 Å². The van der Waals surface area contributed by atoms with Crippen LogP contribution in [0.2, 0.25) is 5.15 Å². The lowest BCUT2D eigenvalue weighted by Gasteiger charge is -2.25. The first-order valence-electron chi connectivity index (χ1n) is 12.5. The average Bonchev–Trinajstić information content (AvgIpc) is 3.76. The van der Waals surface area contributed by atoms with Crippen molar-refractivity contribution in [1.82, 2.24) is 25.3 Å². The molecule has 11 nitrogen and oxygen atoms in total. The Hall–Kier alpha value is -2.83. The van der Waals surface area contributed by atoms with Crippen molar-refractivity contribution in [2.45, 2.75) is 64.1 Å². The Kier molecular flexibility index (Phi) is 10.0.